The molecule has 1 aliphatic heterocycles. The number of anilines is 1. The minimum Gasteiger partial charge on any atom is -0.465 e. The van der Waals surface area contributed by atoms with Gasteiger partial charge < -0.3 is 14.8 Å². The fourth-order valence-electron chi connectivity index (χ4n) is 2.60. The maximum atomic E-state index is 12.1. The van der Waals surface area contributed by atoms with Gasteiger partial charge in [-0.1, -0.05) is 11.8 Å². The quantitative estimate of drug-likeness (QED) is 0.651. The Labute approximate surface area is 162 Å². The molecule has 1 saturated heterocycles. The van der Waals surface area contributed by atoms with E-state index in [0.29, 0.717) is 24.3 Å². The summed E-state index contributed by atoms with van der Waals surface area (Å²) in [6, 6.07) is 13.4. The van der Waals surface area contributed by atoms with Crippen LogP contribution in [0.1, 0.15) is 26.3 Å². The van der Waals surface area contributed by atoms with Gasteiger partial charge in [0.25, 0.3) is 5.91 Å². The molecule has 2 aromatic rings. The second-order valence-electron chi connectivity index (χ2n) is 5.87. The van der Waals surface area contributed by atoms with Crippen molar-refractivity contribution in [2.24, 2.45) is 0 Å². The van der Waals surface area contributed by atoms with Gasteiger partial charge in [0.2, 0.25) is 0 Å². The minimum absolute atomic E-state index is 0.178. The summed E-state index contributed by atoms with van der Waals surface area (Å²) < 4.78 is 9.52. The first-order valence-corrected chi connectivity index (χ1v) is 8.58. The Morgan fingerprint density at radius 1 is 1.11 bits per heavy atom. The molecule has 7 nitrogen and oxygen atoms in total. The van der Waals surface area contributed by atoms with Gasteiger partial charge in [0.15, 0.2) is 0 Å². The number of amides is 2. The normalized spacial score (nSPS) is 12.6. The highest BCUT2D eigenvalue weighted by atomic mass is 16.6. The van der Waals surface area contributed by atoms with Crippen molar-refractivity contribution in [3.8, 4) is 11.8 Å². The van der Waals surface area contributed by atoms with Crippen LogP contribution in [0.4, 0.5) is 10.5 Å². The highest BCUT2D eigenvalue weighted by Crippen LogP contribution is 2.18. The van der Waals surface area contributed by atoms with Crippen molar-refractivity contribution in [1.82, 2.24) is 5.32 Å². The average molecular weight is 378 g/mol. The van der Waals surface area contributed by atoms with Crippen LogP contribution in [0.15, 0.2) is 48.5 Å². The van der Waals surface area contributed by atoms with Gasteiger partial charge >= 0.3 is 12.1 Å². The van der Waals surface area contributed by atoms with E-state index in [-0.39, 0.29) is 18.5 Å². The number of carbonyl (C=O) groups is 3. The van der Waals surface area contributed by atoms with Crippen LogP contribution in [0.5, 0.6) is 0 Å². The number of hydrogen-bond acceptors (Lipinski definition) is 5. The monoisotopic (exact) mass is 378 g/mol. The summed E-state index contributed by atoms with van der Waals surface area (Å²) in [4.78, 5) is 36.6. The van der Waals surface area contributed by atoms with E-state index in [1.807, 2.05) is 0 Å². The molecular weight excluding hydrogens is 360 g/mol. The van der Waals surface area contributed by atoms with Crippen molar-refractivity contribution in [1.29, 1.82) is 0 Å². The molecule has 0 spiro atoms. The molecular formula is C21H18N2O5. The molecule has 3 rings (SSSR count). The van der Waals surface area contributed by atoms with Gasteiger partial charge in [-0.05, 0) is 48.5 Å². The molecule has 0 aliphatic carbocycles. The van der Waals surface area contributed by atoms with Crippen LogP contribution < -0.4 is 10.2 Å². The summed E-state index contributed by atoms with van der Waals surface area (Å²) in [5, 5.41) is 2.70. The standard InChI is InChI=1S/C21H18N2O5/c1-27-20(25)17-8-6-16(7-9-17)19(24)22-12-2-3-15-4-10-18(11-5-15)23-13-14-28-21(23)26/h4-11H,12-14H2,1H3,(H,22,24). The Morgan fingerprint density at radius 2 is 1.79 bits per heavy atom. The molecule has 0 radical (unpaired) electrons. The van der Waals surface area contributed by atoms with E-state index in [9.17, 15) is 14.4 Å². The van der Waals surface area contributed by atoms with Crippen LogP contribution in [-0.4, -0.2) is 44.8 Å². The Bertz CT molecular complexity index is 940. The van der Waals surface area contributed by atoms with Gasteiger partial charge in [0.05, 0.1) is 25.8 Å². The van der Waals surface area contributed by atoms with Crippen molar-refractivity contribution in [2.45, 2.75) is 0 Å². The largest absolute Gasteiger partial charge is 0.465 e. The lowest BCUT2D eigenvalue weighted by Gasteiger charge is -2.11. The third kappa shape index (κ3) is 4.48. The van der Waals surface area contributed by atoms with Crippen LogP contribution >= 0.6 is 0 Å². The zero-order valence-electron chi connectivity index (χ0n) is 15.2. The molecule has 2 amide bonds. The van der Waals surface area contributed by atoms with Gasteiger partial charge in [-0.15, -0.1) is 0 Å². The molecule has 0 saturated carbocycles. The van der Waals surface area contributed by atoms with Crippen molar-refractivity contribution in [3.05, 3.63) is 65.2 Å². The van der Waals surface area contributed by atoms with Crippen LogP contribution in [0.3, 0.4) is 0 Å². The highest BCUT2D eigenvalue weighted by Gasteiger charge is 2.23. The van der Waals surface area contributed by atoms with E-state index in [2.05, 4.69) is 21.9 Å². The zero-order chi connectivity index (χ0) is 19.9. The summed E-state index contributed by atoms with van der Waals surface area (Å²) >= 11 is 0. The number of rotatable bonds is 4. The van der Waals surface area contributed by atoms with Gasteiger partial charge in [0.1, 0.15) is 6.61 Å². The van der Waals surface area contributed by atoms with Crippen molar-refractivity contribution >= 4 is 23.7 Å². The summed E-state index contributed by atoms with van der Waals surface area (Å²) in [5.74, 6) is 5.09. The van der Waals surface area contributed by atoms with E-state index in [0.717, 1.165) is 11.3 Å². The van der Waals surface area contributed by atoms with E-state index >= 15 is 0 Å². The summed E-state index contributed by atoms with van der Waals surface area (Å²) in [5.41, 5.74) is 2.34. The predicted octanol–water partition coefficient (Wildman–Crippen LogP) is 2.21. The molecule has 1 aliphatic rings. The maximum Gasteiger partial charge on any atom is 0.414 e. The number of cyclic esters (lactones) is 1. The van der Waals surface area contributed by atoms with Crippen molar-refractivity contribution in [2.75, 3.05) is 31.7 Å². The Kier molecular flexibility index (Phi) is 5.92. The third-order valence-electron chi connectivity index (χ3n) is 4.08. The lowest BCUT2D eigenvalue weighted by atomic mass is 10.1. The number of hydrogen-bond donors (Lipinski definition) is 1. The lowest BCUT2D eigenvalue weighted by molar-refractivity contribution is 0.0600. The second-order valence-corrected chi connectivity index (χ2v) is 5.87. The molecule has 2 aromatic carbocycles. The van der Waals surface area contributed by atoms with Gasteiger partial charge in [0, 0.05) is 16.8 Å². The average Bonchev–Trinajstić information content (AvgIpc) is 3.17. The molecule has 0 atom stereocenters. The van der Waals surface area contributed by atoms with Crippen molar-refractivity contribution in [3.63, 3.8) is 0 Å². The lowest BCUT2D eigenvalue weighted by Crippen LogP contribution is -2.23. The zero-order valence-corrected chi connectivity index (χ0v) is 15.2. The number of nitrogens with zero attached hydrogens (tertiary/aromatic N) is 1. The summed E-state index contributed by atoms with van der Waals surface area (Å²) in [6.45, 7) is 1.11. The smallest absolute Gasteiger partial charge is 0.414 e. The second kappa shape index (κ2) is 8.73. The maximum absolute atomic E-state index is 12.1. The number of benzene rings is 2. The van der Waals surface area contributed by atoms with Gasteiger partial charge in [-0.3, -0.25) is 9.69 Å². The van der Waals surface area contributed by atoms with E-state index in [1.165, 1.54) is 19.2 Å². The highest BCUT2D eigenvalue weighted by molar-refractivity contribution is 5.96. The van der Waals surface area contributed by atoms with Gasteiger partial charge in [-0.2, -0.15) is 0 Å². The molecule has 0 aromatic heterocycles. The number of methoxy groups -OCH3 is 1. The summed E-state index contributed by atoms with van der Waals surface area (Å²) in [6.07, 6.45) is -0.346. The number of esters is 1. The fraction of sp³-hybridized carbons (Fsp3) is 0.190. The van der Waals surface area contributed by atoms with Crippen LogP contribution in [0, 0.1) is 11.8 Å². The predicted molar refractivity (Wildman–Crippen MR) is 102 cm³/mol. The number of ether oxygens (including phenoxy) is 2. The molecule has 7 heteroatoms. The Hall–Kier alpha value is -3.79. The SMILES string of the molecule is COC(=O)c1ccc(C(=O)NCC#Cc2ccc(N3CCOC3=O)cc2)cc1. The van der Waals surface area contributed by atoms with Crippen LogP contribution in [0.2, 0.25) is 0 Å². The first kappa shape index (κ1) is 19.0. The number of carbonyl (C=O) groups excluding carboxylic acids is 3. The molecule has 1 N–H and O–H groups in total. The number of nitrogens with one attached hydrogen (secondary N) is 1. The van der Waals surface area contributed by atoms with E-state index in [1.54, 1.807) is 41.3 Å². The molecule has 1 heterocycles. The summed E-state index contributed by atoms with van der Waals surface area (Å²) in [7, 11) is 1.30. The minimum atomic E-state index is -0.453. The van der Waals surface area contributed by atoms with Crippen molar-refractivity contribution < 1.29 is 23.9 Å². The molecule has 0 bridgehead atoms. The topological polar surface area (TPSA) is 84.9 Å². The first-order valence-electron chi connectivity index (χ1n) is 8.58. The Morgan fingerprint density at radius 3 is 2.39 bits per heavy atom. The molecule has 1 fully saturated rings. The fourth-order valence-corrected chi connectivity index (χ4v) is 2.60. The van der Waals surface area contributed by atoms with E-state index < -0.39 is 5.97 Å². The van der Waals surface area contributed by atoms with E-state index in [4.69, 9.17) is 4.74 Å². The van der Waals surface area contributed by atoms with Crippen LogP contribution in [0.25, 0.3) is 0 Å². The Balaban J connectivity index is 1.52. The first-order chi connectivity index (χ1) is 13.6. The van der Waals surface area contributed by atoms with Crippen LogP contribution in [-0.2, 0) is 9.47 Å². The van der Waals surface area contributed by atoms with Gasteiger partial charge in [-0.25, -0.2) is 9.59 Å². The molecule has 142 valence electrons. The third-order valence-corrected chi connectivity index (χ3v) is 4.08. The molecule has 28 heavy (non-hydrogen) atoms. The molecule has 0 unspecified atom stereocenters.